The van der Waals surface area contributed by atoms with Gasteiger partial charge in [0.1, 0.15) is 5.82 Å². The molecule has 1 aliphatic heterocycles. The number of amides is 2. The van der Waals surface area contributed by atoms with Crippen LogP contribution < -0.4 is 5.32 Å². The van der Waals surface area contributed by atoms with Crippen LogP contribution in [0.4, 0.5) is 14.9 Å². The van der Waals surface area contributed by atoms with Gasteiger partial charge in [0.15, 0.2) is 0 Å². The number of fused-ring (bicyclic) bond motifs is 1. The average molecular weight is 363 g/mol. The summed E-state index contributed by atoms with van der Waals surface area (Å²) < 4.78 is 15.6. The second-order valence-corrected chi connectivity index (χ2v) is 7.02. The Labute approximate surface area is 158 Å². The highest BCUT2D eigenvalue weighted by Crippen LogP contribution is 2.33. The smallest absolute Gasteiger partial charge is 0.322 e. The molecule has 1 aliphatic rings. The minimum Gasteiger partial charge on any atom is -0.348 e. The summed E-state index contributed by atoms with van der Waals surface area (Å²) in [6.45, 7) is 5.34. The van der Waals surface area contributed by atoms with Gasteiger partial charge in [-0.1, -0.05) is 29.8 Å². The lowest BCUT2D eigenvalue weighted by atomic mass is 10.00. The molecule has 5 heteroatoms. The standard InChI is InChI=1S/C22H22FN3O/c1-15-5-10-19(16(2)14-15)24-22(27)26-13-12-25-11-3-4-20(25)21(26)17-6-8-18(23)9-7-17/h3-11,14,21H,12-13H2,1-2H3,(H,24,27). The first-order valence-electron chi connectivity index (χ1n) is 9.08. The Hall–Kier alpha value is -3.08. The third-order valence-electron chi connectivity index (χ3n) is 5.11. The van der Waals surface area contributed by atoms with Gasteiger partial charge in [-0.3, -0.25) is 0 Å². The van der Waals surface area contributed by atoms with E-state index in [0.717, 1.165) is 34.6 Å². The van der Waals surface area contributed by atoms with Gasteiger partial charge in [0.2, 0.25) is 0 Å². The normalized spacial score (nSPS) is 16.1. The van der Waals surface area contributed by atoms with Crippen molar-refractivity contribution in [1.82, 2.24) is 9.47 Å². The number of aromatic nitrogens is 1. The van der Waals surface area contributed by atoms with Crippen LogP contribution >= 0.6 is 0 Å². The van der Waals surface area contributed by atoms with Crippen molar-refractivity contribution in [2.75, 3.05) is 11.9 Å². The minimum atomic E-state index is -0.281. The Morgan fingerprint density at radius 2 is 1.85 bits per heavy atom. The van der Waals surface area contributed by atoms with Gasteiger partial charge in [-0.25, -0.2) is 9.18 Å². The summed E-state index contributed by atoms with van der Waals surface area (Å²) in [7, 11) is 0. The molecular weight excluding hydrogens is 341 g/mol. The fraction of sp³-hybridized carbons (Fsp3) is 0.227. The molecular formula is C22H22FN3O. The van der Waals surface area contributed by atoms with E-state index in [2.05, 4.69) is 16.0 Å². The van der Waals surface area contributed by atoms with Gasteiger partial charge in [-0.05, 0) is 55.3 Å². The molecule has 4 rings (SSSR count). The maximum absolute atomic E-state index is 13.4. The van der Waals surface area contributed by atoms with Gasteiger partial charge in [0.05, 0.1) is 6.04 Å². The molecule has 4 nitrogen and oxygen atoms in total. The number of hydrogen-bond donors (Lipinski definition) is 1. The maximum atomic E-state index is 13.4. The maximum Gasteiger partial charge on any atom is 0.322 e. The second kappa shape index (κ2) is 6.91. The van der Waals surface area contributed by atoms with Crippen LogP contribution in [0, 0.1) is 19.7 Å². The molecule has 0 saturated carbocycles. The summed E-state index contributed by atoms with van der Waals surface area (Å²) in [5, 5.41) is 3.04. The number of aryl methyl sites for hydroxylation is 2. The van der Waals surface area contributed by atoms with E-state index in [4.69, 9.17) is 0 Å². The lowest BCUT2D eigenvalue weighted by molar-refractivity contribution is 0.182. The summed E-state index contributed by atoms with van der Waals surface area (Å²) in [5.74, 6) is -0.281. The summed E-state index contributed by atoms with van der Waals surface area (Å²) in [6.07, 6.45) is 2.02. The van der Waals surface area contributed by atoms with Gasteiger partial charge < -0.3 is 14.8 Å². The Kier molecular flexibility index (Phi) is 4.44. The predicted octanol–water partition coefficient (Wildman–Crippen LogP) is 4.88. The van der Waals surface area contributed by atoms with E-state index in [1.807, 2.05) is 49.2 Å². The van der Waals surface area contributed by atoms with E-state index in [1.54, 1.807) is 12.1 Å². The molecule has 2 aromatic carbocycles. The SMILES string of the molecule is Cc1ccc(NC(=O)N2CCn3cccc3C2c2ccc(F)cc2)c(C)c1. The van der Waals surface area contributed by atoms with Crippen LogP contribution in [0.2, 0.25) is 0 Å². The van der Waals surface area contributed by atoms with Crippen LogP contribution in [0.5, 0.6) is 0 Å². The Balaban J connectivity index is 1.67. The number of urea groups is 1. The lowest BCUT2D eigenvalue weighted by Gasteiger charge is -2.37. The number of carbonyl (C=O) groups is 1. The Morgan fingerprint density at radius 1 is 1.07 bits per heavy atom. The summed E-state index contributed by atoms with van der Waals surface area (Å²) in [6, 6.07) is 16.0. The van der Waals surface area contributed by atoms with Gasteiger partial charge in [-0.2, -0.15) is 0 Å². The molecule has 0 fully saturated rings. The first-order chi connectivity index (χ1) is 13.0. The number of nitrogens with zero attached hydrogens (tertiary/aromatic N) is 2. The highest BCUT2D eigenvalue weighted by Gasteiger charge is 2.32. The third kappa shape index (κ3) is 3.33. The number of carbonyl (C=O) groups excluding carboxylic acids is 1. The van der Waals surface area contributed by atoms with Crippen molar-refractivity contribution in [1.29, 1.82) is 0 Å². The van der Waals surface area contributed by atoms with Crippen LogP contribution in [0.1, 0.15) is 28.4 Å². The monoisotopic (exact) mass is 363 g/mol. The molecule has 0 bridgehead atoms. The van der Waals surface area contributed by atoms with Gasteiger partial charge in [-0.15, -0.1) is 0 Å². The van der Waals surface area contributed by atoms with Gasteiger partial charge in [0, 0.05) is 30.7 Å². The molecule has 0 aliphatic carbocycles. The molecule has 138 valence electrons. The molecule has 1 unspecified atom stereocenters. The van der Waals surface area contributed by atoms with Crippen LogP contribution in [-0.2, 0) is 6.54 Å². The van der Waals surface area contributed by atoms with Crippen LogP contribution in [0.15, 0.2) is 60.8 Å². The summed E-state index contributed by atoms with van der Waals surface area (Å²) in [4.78, 5) is 14.9. The van der Waals surface area contributed by atoms with Crippen molar-refractivity contribution in [3.8, 4) is 0 Å². The first-order valence-corrected chi connectivity index (χ1v) is 9.08. The first kappa shape index (κ1) is 17.3. The molecule has 1 aromatic heterocycles. The zero-order valence-corrected chi connectivity index (χ0v) is 15.4. The highest BCUT2D eigenvalue weighted by atomic mass is 19.1. The Bertz CT molecular complexity index is 977. The van der Waals surface area contributed by atoms with Crippen molar-refractivity contribution >= 4 is 11.7 Å². The van der Waals surface area contributed by atoms with Crippen LogP contribution in [-0.4, -0.2) is 22.0 Å². The molecule has 2 heterocycles. The van der Waals surface area contributed by atoms with E-state index in [1.165, 1.54) is 12.1 Å². The summed E-state index contributed by atoms with van der Waals surface area (Å²) >= 11 is 0. The topological polar surface area (TPSA) is 37.3 Å². The van der Waals surface area contributed by atoms with Crippen molar-refractivity contribution in [2.45, 2.75) is 26.4 Å². The molecule has 1 atom stereocenters. The van der Waals surface area contributed by atoms with E-state index in [0.29, 0.717) is 6.54 Å². The van der Waals surface area contributed by atoms with Crippen LogP contribution in [0.25, 0.3) is 0 Å². The fourth-order valence-electron chi connectivity index (χ4n) is 3.74. The van der Waals surface area contributed by atoms with Gasteiger partial charge >= 0.3 is 6.03 Å². The van der Waals surface area contributed by atoms with Gasteiger partial charge in [0.25, 0.3) is 0 Å². The third-order valence-corrected chi connectivity index (χ3v) is 5.11. The fourth-order valence-corrected chi connectivity index (χ4v) is 3.74. The zero-order chi connectivity index (χ0) is 19.0. The highest BCUT2D eigenvalue weighted by molar-refractivity contribution is 5.90. The molecule has 1 N–H and O–H groups in total. The molecule has 0 saturated heterocycles. The number of hydrogen-bond acceptors (Lipinski definition) is 1. The largest absolute Gasteiger partial charge is 0.348 e. The number of rotatable bonds is 2. The van der Waals surface area contributed by atoms with Crippen molar-refractivity contribution < 1.29 is 9.18 Å². The van der Waals surface area contributed by atoms with E-state index in [9.17, 15) is 9.18 Å². The second-order valence-electron chi connectivity index (χ2n) is 7.02. The average Bonchev–Trinajstić information content (AvgIpc) is 3.13. The van der Waals surface area contributed by atoms with E-state index >= 15 is 0 Å². The Morgan fingerprint density at radius 3 is 2.59 bits per heavy atom. The van der Waals surface area contributed by atoms with Crippen molar-refractivity contribution in [3.63, 3.8) is 0 Å². The van der Waals surface area contributed by atoms with Crippen LogP contribution in [0.3, 0.4) is 0 Å². The molecule has 0 radical (unpaired) electrons. The summed E-state index contributed by atoms with van der Waals surface area (Å²) in [5.41, 5.74) is 4.92. The number of anilines is 1. The number of nitrogens with one attached hydrogen (secondary N) is 1. The molecule has 3 aromatic rings. The molecule has 27 heavy (non-hydrogen) atoms. The number of benzene rings is 2. The number of halogens is 1. The lowest BCUT2D eigenvalue weighted by Crippen LogP contribution is -2.44. The van der Waals surface area contributed by atoms with E-state index in [-0.39, 0.29) is 17.9 Å². The predicted molar refractivity (Wildman–Crippen MR) is 104 cm³/mol. The zero-order valence-electron chi connectivity index (χ0n) is 15.4. The molecule has 0 spiro atoms. The molecule has 2 amide bonds. The van der Waals surface area contributed by atoms with Crippen molar-refractivity contribution in [2.24, 2.45) is 0 Å². The minimum absolute atomic E-state index is 0.149. The van der Waals surface area contributed by atoms with Crippen molar-refractivity contribution in [3.05, 3.63) is 89.0 Å². The van der Waals surface area contributed by atoms with E-state index < -0.39 is 0 Å². The quantitative estimate of drug-likeness (QED) is 0.692.